The van der Waals surface area contributed by atoms with Crippen LogP contribution in [0, 0.1) is 5.92 Å². The van der Waals surface area contributed by atoms with Crippen LogP contribution in [-0.2, 0) is 11.3 Å². The number of aryl methyl sites for hydroxylation is 1. The Balaban J connectivity index is 2.95. The molecule has 6 nitrogen and oxygen atoms in total. The first-order valence-electron chi connectivity index (χ1n) is 6.03. The summed E-state index contributed by atoms with van der Waals surface area (Å²) in [7, 11) is 1.70. The molecule has 0 aliphatic heterocycles. The van der Waals surface area contributed by atoms with Crippen LogP contribution in [0.25, 0.3) is 0 Å². The van der Waals surface area contributed by atoms with Crippen molar-refractivity contribution < 1.29 is 4.74 Å². The number of ether oxygens (including phenoxy) is 1. The minimum atomic E-state index is -0.0958. The van der Waals surface area contributed by atoms with E-state index in [4.69, 9.17) is 10.6 Å². The largest absolute Gasteiger partial charge is 0.379 e. The van der Waals surface area contributed by atoms with Gasteiger partial charge in [0.25, 0.3) is 0 Å². The van der Waals surface area contributed by atoms with Gasteiger partial charge in [-0.15, -0.1) is 5.10 Å². The highest BCUT2D eigenvalue weighted by molar-refractivity contribution is 5.05. The third kappa shape index (κ3) is 3.24. The van der Waals surface area contributed by atoms with E-state index in [1.54, 1.807) is 13.3 Å². The van der Waals surface area contributed by atoms with Crippen molar-refractivity contribution in [3.63, 3.8) is 0 Å². The summed E-state index contributed by atoms with van der Waals surface area (Å²) < 4.78 is 7.38. The van der Waals surface area contributed by atoms with Gasteiger partial charge in [-0.2, -0.15) is 0 Å². The summed E-state index contributed by atoms with van der Waals surface area (Å²) in [5.74, 6) is 6.00. The number of nitrogens with zero attached hydrogens (tertiary/aromatic N) is 3. The molecule has 1 rings (SSSR count). The Bertz CT molecular complexity index is 325. The van der Waals surface area contributed by atoms with E-state index in [1.807, 2.05) is 4.68 Å². The van der Waals surface area contributed by atoms with Crippen molar-refractivity contribution in [2.24, 2.45) is 11.8 Å². The zero-order valence-corrected chi connectivity index (χ0v) is 11.1. The summed E-state index contributed by atoms with van der Waals surface area (Å²) in [5.41, 5.74) is 3.78. The SMILES string of the molecule is CCCn1nncc1C(NN)C(OC)C(C)C. The molecule has 0 bridgehead atoms. The molecule has 2 atom stereocenters. The Hall–Kier alpha value is -0.980. The van der Waals surface area contributed by atoms with Crippen molar-refractivity contribution >= 4 is 0 Å². The van der Waals surface area contributed by atoms with E-state index in [2.05, 4.69) is 36.5 Å². The maximum atomic E-state index is 5.64. The summed E-state index contributed by atoms with van der Waals surface area (Å²) in [4.78, 5) is 0. The van der Waals surface area contributed by atoms with Crippen LogP contribution in [0.1, 0.15) is 38.9 Å². The van der Waals surface area contributed by atoms with Crippen molar-refractivity contribution in [3.8, 4) is 0 Å². The Morgan fingerprint density at radius 1 is 1.53 bits per heavy atom. The molecule has 0 aliphatic rings. The predicted octanol–water partition coefficient (Wildman–Crippen LogP) is 0.863. The highest BCUT2D eigenvalue weighted by Crippen LogP contribution is 2.23. The molecule has 0 aromatic carbocycles. The van der Waals surface area contributed by atoms with Gasteiger partial charge in [0.2, 0.25) is 0 Å². The molecule has 3 N–H and O–H groups in total. The average Bonchev–Trinajstić information content (AvgIpc) is 2.73. The topological polar surface area (TPSA) is 78.0 Å². The van der Waals surface area contributed by atoms with Crippen molar-refractivity contribution in [1.82, 2.24) is 20.4 Å². The molecule has 0 fully saturated rings. The normalized spacial score (nSPS) is 15.2. The van der Waals surface area contributed by atoms with Crippen LogP contribution in [0.4, 0.5) is 0 Å². The standard InChI is InChI=1S/C11H23N5O/c1-5-6-16-9(7-13-15-16)10(14-12)11(17-4)8(2)3/h7-8,10-11,14H,5-6,12H2,1-4H3. The van der Waals surface area contributed by atoms with Gasteiger partial charge in [-0.3, -0.25) is 5.84 Å². The molecule has 0 radical (unpaired) electrons. The molecule has 2 unspecified atom stereocenters. The highest BCUT2D eigenvalue weighted by Gasteiger charge is 2.28. The van der Waals surface area contributed by atoms with Gasteiger partial charge in [0.05, 0.1) is 24.0 Å². The first-order chi connectivity index (χ1) is 8.15. The Kier molecular flexibility index (Phi) is 5.54. The van der Waals surface area contributed by atoms with E-state index in [9.17, 15) is 0 Å². The highest BCUT2D eigenvalue weighted by atomic mass is 16.5. The molecule has 1 aromatic heterocycles. The lowest BCUT2D eigenvalue weighted by molar-refractivity contribution is 0.0300. The molecule has 0 aliphatic carbocycles. The van der Waals surface area contributed by atoms with Crippen molar-refractivity contribution in [2.45, 2.75) is 45.9 Å². The average molecular weight is 241 g/mol. The molecule has 0 saturated heterocycles. The smallest absolute Gasteiger partial charge is 0.0909 e. The summed E-state index contributed by atoms with van der Waals surface area (Å²) in [5, 5.41) is 8.01. The molecule has 6 heteroatoms. The lowest BCUT2D eigenvalue weighted by Gasteiger charge is -2.28. The van der Waals surface area contributed by atoms with Gasteiger partial charge >= 0.3 is 0 Å². The monoisotopic (exact) mass is 241 g/mol. The fourth-order valence-corrected chi connectivity index (χ4v) is 2.03. The second kappa shape index (κ2) is 6.68. The van der Waals surface area contributed by atoms with E-state index in [0.29, 0.717) is 5.92 Å². The minimum absolute atomic E-state index is 0.00546. The van der Waals surface area contributed by atoms with Crippen molar-refractivity contribution in [1.29, 1.82) is 0 Å². The van der Waals surface area contributed by atoms with Gasteiger partial charge in [-0.05, 0) is 12.3 Å². The van der Waals surface area contributed by atoms with Gasteiger partial charge in [0.15, 0.2) is 0 Å². The lowest BCUT2D eigenvalue weighted by Crippen LogP contribution is -2.41. The molecule has 0 saturated carbocycles. The Morgan fingerprint density at radius 3 is 2.71 bits per heavy atom. The van der Waals surface area contributed by atoms with E-state index >= 15 is 0 Å². The van der Waals surface area contributed by atoms with Crippen LogP contribution in [0.3, 0.4) is 0 Å². The Morgan fingerprint density at radius 2 is 2.24 bits per heavy atom. The van der Waals surface area contributed by atoms with Crippen LogP contribution in [0.15, 0.2) is 6.20 Å². The maximum absolute atomic E-state index is 5.64. The summed E-state index contributed by atoms with van der Waals surface area (Å²) in [6, 6.07) is -0.0958. The fourth-order valence-electron chi connectivity index (χ4n) is 2.03. The van der Waals surface area contributed by atoms with Crippen LogP contribution < -0.4 is 11.3 Å². The van der Waals surface area contributed by atoms with Crippen LogP contribution in [-0.4, -0.2) is 28.2 Å². The minimum Gasteiger partial charge on any atom is -0.379 e. The van der Waals surface area contributed by atoms with Crippen LogP contribution >= 0.6 is 0 Å². The van der Waals surface area contributed by atoms with Gasteiger partial charge in [-0.25, -0.2) is 10.1 Å². The number of hydrogen-bond acceptors (Lipinski definition) is 5. The predicted molar refractivity (Wildman–Crippen MR) is 66.0 cm³/mol. The third-order valence-corrected chi connectivity index (χ3v) is 2.84. The molecule has 1 aromatic rings. The third-order valence-electron chi connectivity index (χ3n) is 2.84. The summed E-state index contributed by atoms with van der Waals surface area (Å²) >= 11 is 0. The van der Waals surface area contributed by atoms with Gasteiger partial charge in [0.1, 0.15) is 0 Å². The first-order valence-corrected chi connectivity index (χ1v) is 6.03. The zero-order chi connectivity index (χ0) is 12.8. The van der Waals surface area contributed by atoms with Crippen molar-refractivity contribution in [2.75, 3.05) is 7.11 Å². The number of methoxy groups -OCH3 is 1. The second-order valence-corrected chi connectivity index (χ2v) is 4.47. The van der Waals surface area contributed by atoms with Gasteiger partial charge in [0, 0.05) is 13.7 Å². The molecular weight excluding hydrogens is 218 g/mol. The lowest BCUT2D eigenvalue weighted by atomic mass is 9.97. The molecule has 98 valence electrons. The second-order valence-electron chi connectivity index (χ2n) is 4.47. The number of aromatic nitrogens is 3. The van der Waals surface area contributed by atoms with E-state index in [1.165, 1.54) is 0 Å². The summed E-state index contributed by atoms with van der Waals surface area (Å²) in [6.07, 6.45) is 2.75. The molecule has 0 amide bonds. The molecular formula is C11H23N5O. The molecule has 17 heavy (non-hydrogen) atoms. The number of hydrogen-bond donors (Lipinski definition) is 2. The number of nitrogens with two attached hydrogens (primary N) is 1. The van der Waals surface area contributed by atoms with E-state index < -0.39 is 0 Å². The zero-order valence-electron chi connectivity index (χ0n) is 11.1. The van der Waals surface area contributed by atoms with Crippen LogP contribution in [0.2, 0.25) is 0 Å². The van der Waals surface area contributed by atoms with E-state index in [0.717, 1.165) is 18.7 Å². The maximum Gasteiger partial charge on any atom is 0.0909 e. The van der Waals surface area contributed by atoms with Crippen molar-refractivity contribution in [3.05, 3.63) is 11.9 Å². The van der Waals surface area contributed by atoms with Gasteiger partial charge in [-0.1, -0.05) is 26.0 Å². The number of rotatable bonds is 7. The first kappa shape index (κ1) is 14.1. The quantitative estimate of drug-likeness (QED) is 0.547. The summed E-state index contributed by atoms with van der Waals surface area (Å²) in [6.45, 7) is 7.15. The number of nitrogens with one attached hydrogen (secondary N) is 1. The fraction of sp³-hybridized carbons (Fsp3) is 0.818. The molecule has 1 heterocycles. The Labute approximate surface area is 102 Å². The number of hydrazine groups is 1. The van der Waals surface area contributed by atoms with Crippen LogP contribution in [0.5, 0.6) is 0 Å². The van der Waals surface area contributed by atoms with E-state index in [-0.39, 0.29) is 12.1 Å². The van der Waals surface area contributed by atoms with Gasteiger partial charge < -0.3 is 4.74 Å². The molecule has 0 spiro atoms.